The molecular weight excluding hydrogens is 885 g/mol. The molecule has 2 aliphatic heterocycles. The van der Waals surface area contributed by atoms with Gasteiger partial charge in [0.25, 0.3) is 0 Å². The van der Waals surface area contributed by atoms with Gasteiger partial charge in [0.1, 0.15) is 12.1 Å². The van der Waals surface area contributed by atoms with Gasteiger partial charge in [-0.15, -0.1) is 0 Å². The highest BCUT2D eigenvalue weighted by Gasteiger charge is 2.29. The number of nitrogens with zero attached hydrogens (tertiary/aromatic N) is 4. The highest BCUT2D eigenvalue weighted by atomic mass is 32.2. The van der Waals surface area contributed by atoms with E-state index in [9.17, 15) is 30.3 Å². The highest BCUT2D eigenvalue weighted by Crippen LogP contribution is 2.51. The Morgan fingerprint density at radius 2 is 0.838 bits per heavy atom. The number of carboxylic acid groups (broad SMARTS) is 2. The molecule has 0 saturated heterocycles. The van der Waals surface area contributed by atoms with Crippen LogP contribution in [-0.2, 0) is 12.8 Å². The Hall–Kier alpha value is -7.32. The minimum Gasteiger partial charge on any atom is -0.545 e. The third-order valence-electron chi connectivity index (χ3n) is 11.8. The molecule has 7 aromatic rings. The maximum Gasteiger partial charge on any atom is 0.107 e. The average molecular weight is 937 g/mol. The molecule has 0 aliphatic carbocycles. The smallest absolute Gasteiger partial charge is 0.107 e. The molecular formula is C56H52N6O4S2. The van der Waals surface area contributed by atoms with Gasteiger partial charge in [0, 0.05) is 53.9 Å². The fourth-order valence-electron chi connectivity index (χ4n) is 8.32. The van der Waals surface area contributed by atoms with Crippen LogP contribution in [0.3, 0.4) is 0 Å². The zero-order chi connectivity index (χ0) is 48.5. The number of carboxylic acids is 2. The summed E-state index contributed by atoms with van der Waals surface area (Å²) in [5.74, 6) is -3.04. The third kappa shape index (κ3) is 11.3. The molecule has 0 amide bonds. The first-order valence-electron chi connectivity index (χ1n) is 22.3. The van der Waals surface area contributed by atoms with Gasteiger partial charge in [-0.05, 0) is 112 Å². The average Bonchev–Trinajstić information content (AvgIpc) is 3.35. The van der Waals surface area contributed by atoms with Gasteiger partial charge < -0.3 is 41.1 Å². The number of anilines is 4. The van der Waals surface area contributed by atoms with Crippen LogP contribution < -0.4 is 31.5 Å². The topological polar surface area (TPSA) is 190 Å². The number of quaternary nitrogens is 2. The molecule has 7 aromatic carbocycles. The van der Waals surface area contributed by atoms with Crippen LogP contribution in [0.15, 0.2) is 177 Å². The van der Waals surface area contributed by atoms with E-state index in [1.54, 1.807) is 23.5 Å². The van der Waals surface area contributed by atoms with Gasteiger partial charge in [0.05, 0.1) is 58.0 Å². The zero-order valence-electron chi connectivity index (χ0n) is 38.4. The maximum atomic E-state index is 10.3. The molecule has 0 radical (unpaired) electrons. The molecule has 68 heavy (non-hydrogen) atoms. The van der Waals surface area contributed by atoms with Gasteiger partial charge in [-0.3, -0.25) is 0 Å². The maximum absolute atomic E-state index is 10.3. The number of rotatable bonds is 10. The molecule has 10 nitrogen and oxygen atoms in total. The number of carbonyl (C=O) groups excluding carboxylic acids is 2. The summed E-state index contributed by atoms with van der Waals surface area (Å²) in [5, 5.41) is 39.4. The lowest BCUT2D eigenvalue weighted by Crippen LogP contribution is -2.51. The molecule has 342 valence electrons. The van der Waals surface area contributed by atoms with E-state index < -0.39 is 11.9 Å². The Morgan fingerprint density at radius 1 is 0.500 bits per heavy atom. The molecule has 2 aliphatic rings. The van der Waals surface area contributed by atoms with Crippen LogP contribution in [0.2, 0.25) is 0 Å². The Bertz CT molecular complexity index is 2810. The SMILES string of the molecule is C[C@H](Cc1ccc([C@@H](C)[NH3+])cc1)N1c2ccccc2Sc2ccc(C#N)cc21.C[C@H](Cc1ccc([C@@H](C)[NH3+])cc1)N1c2ccccc2Sc2ccc(C#N)cc21.O=C([O-])c1ccccc1C(=O)[O-]. The predicted molar refractivity (Wildman–Crippen MR) is 265 cm³/mol. The van der Waals surface area contributed by atoms with E-state index in [0.29, 0.717) is 23.2 Å². The lowest BCUT2D eigenvalue weighted by molar-refractivity contribution is -0.420. The summed E-state index contributed by atoms with van der Waals surface area (Å²) in [6, 6.07) is 57.4. The molecule has 12 heteroatoms. The fraction of sp³-hybridized carbons (Fsp3) is 0.179. The van der Waals surface area contributed by atoms with Crippen molar-refractivity contribution in [2.45, 2.75) is 84.3 Å². The summed E-state index contributed by atoms with van der Waals surface area (Å²) >= 11 is 3.55. The molecule has 0 fully saturated rings. The summed E-state index contributed by atoms with van der Waals surface area (Å²) in [4.78, 5) is 30.3. The van der Waals surface area contributed by atoms with E-state index in [1.807, 2.05) is 24.3 Å². The van der Waals surface area contributed by atoms with Crippen LogP contribution >= 0.6 is 23.5 Å². The number of para-hydroxylation sites is 2. The standard InChI is InChI=1S/2C24H23N3S.C8H6O4/c2*1-16(13-18-7-10-20(11-8-18)17(2)26)27-21-5-3-4-6-23(21)28-24-12-9-19(15-25)14-22(24)27;9-7(10)5-3-1-2-4-6(5)8(11)12/h2*3-12,14,16-17H,13,26H2,1-2H3;1-4H,(H,9,10)(H,11,12)/t2*16-,17-;/m11./s1. The van der Waals surface area contributed by atoms with Gasteiger partial charge >= 0.3 is 0 Å². The van der Waals surface area contributed by atoms with E-state index >= 15 is 0 Å². The largest absolute Gasteiger partial charge is 0.545 e. The van der Waals surface area contributed by atoms with E-state index in [1.165, 1.54) is 65.3 Å². The van der Waals surface area contributed by atoms with Crippen LogP contribution in [-0.4, -0.2) is 24.0 Å². The summed E-state index contributed by atoms with van der Waals surface area (Å²) in [6.45, 7) is 8.74. The normalized spacial score (nSPS) is 13.6. The second-order valence-electron chi connectivity index (χ2n) is 17.0. The predicted octanol–water partition coefficient (Wildman–Crippen LogP) is 8.60. The van der Waals surface area contributed by atoms with Crippen LogP contribution in [0.4, 0.5) is 22.7 Å². The molecule has 0 aromatic heterocycles. The summed E-state index contributed by atoms with van der Waals surface area (Å²) in [7, 11) is 0. The van der Waals surface area contributed by atoms with Gasteiger partial charge in [-0.25, -0.2) is 0 Å². The van der Waals surface area contributed by atoms with Crippen molar-refractivity contribution >= 4 is 58.2 Å². The first-order valence-corrected chi connectivity index (χ1v) is 24.0. The molecule has 4 atom stereocenters. The summed E-state index contributed by atoms with van der Waals surface area (Å²) in [5.41, 5.74) is 18.7. The monoisotopic (exact) mass is 936 g/mol. The number of benzene rings is 7. The van der Waals surface area contributed by atoms with Crippen molar-refractivity contribution in [3.63, 3.8) is 0 Å². The van der Waals surface area contributed by atoms with Crippen molar-refractivity contribution < 1.29 is 31.3 Å². The summed E-state index contributed by atoms with van der Waals surface area (Å²) < 4.78 is 0. The van der Waals surface area contributed by atoms with E-state index in [0.717, 1.165) is 36.3 Å². The first kappa shape index (κ1) is 48.6. The minimum atomic E-state index is -1.52. The van der Waals surface area contributed by atoms with Crippen LogP contribution in [0.25, 0.3) is 0 Å². The van der Waals surface area contributed by atoms with Gasteiger partial charge in [0.2, 0.25) is 0 Å². The van der Waals surface area contributed by atoms with Crippen molar-refractivity contribution in [1.82, 2.24) is 0 Å². The lowest BCUT2D eigenvalue weighted by atomic mass is 10.0. The Labute approximate surface area is 406 Å². The molecule has 0 unspecified atom stereocenters. The number of carbonyl (C=O) groups is 2. The number of hydrogen-bond acceptors (Lipinski definition) is 10. The van der Waals surface area contributed by atoms with Crippen LogP contribution in [0, 0.1) is 22.7 Å². The van der Waals surface area contributed by atoms with Crippen molar-refractivity contribution in [2.75, 3.05) is 9.80 Å². The van der Waals surface area contributed by atoms with Crippen molar-refractivity contribution in [2.24, 2.45) is 0 Å². The third-order valence-corrected chi connectivity index (χ3v) is 14.1. The second kappa shape index (κ2) is 22.0. The van der Waals surface area contributed by atoms with Crippen molar-refractivity contribution in [3.8, 4) is 12.1 Å². The molecule has 0 saturated carbocycles. The number of aromatic carboxylic acids is 2. The quantitative estimate of drug-likeness (QED) is 0.134. The first-order chi connectivity index (χ1) is 32.8. The van der Waals surface area contributed by atoms with Crippen LogP contribution in [0.5, 0.6) is 0 Å². The van der Waals surface area contributed by atoms with Crippen molar-refractivity contribution in [3.05, 3.63) is 202 Å². The fourth-order valence-corrected chi connectivity index (χ4v) is 10.4. The van der Waals surface area contributed by atoms with E-state index in [2.05, 4.69) is 170 Å². The number of nitriles is 2. The minimum absolute atomic E-state index is 0.262. The Balaban J connectivity index is 0.000000163. The number of hydrogen-bond donors (Lipinski definition) is 2. The molecule has 6 N–H and O–H groups in total. The summed E-state index contributed by atoms with van der Waals surface area (Å²) in [6.07, 6.45) is 1.86. The molecule has 9 rings (SSSR count). The van der Waals surface area contributed by atoms with Gasteiger partial charge in [-0.1, -0.05) is 121 Å². The second-order valence-corrected chi connectivity index (χ2v) is 19.1. The Morgan fingerprint density at radius 3 is 1.18 bits per heavy atom. The van der Waals surface area contributed by atoms with Crippen molar-refractivity contribution in [1.29, 1.82) is 10.5 Å². The van der Waals surface area contributed by atoms with E-state index in [4.69, 9.17) is 0 Å². The highest BCUT2D eigenvalue weighted by molar-refractivity contribution is 8.00. The van der Waals surface area contributed by atoms with E-state index in [-0.39, 0.29) is 23.2 Å². The van der Waals surface area contributed by atoms with Crippen LogP contribution in [0.1, 0.15) is 93.9 Å². The Kier molecular flexibility index (Phi) is 15.7. The van der Waals surface area contributed by atoms with Gasteiger partial charge in [0.15, 0.2) is 0 Å². The molecule has 0 bridgehead atoms. The zero-order valence-corrected chi connectivity index (χ0v) is 40.0. The number of fused-ring (bicyclic) bond motifs is 4. The lowest BCUT2D eigenvalue weighted by Gasteiger charge is -2.37. The molecule has 0 spiro atoms. The molecule has 2 heterocycles. The van der Waals surface area contributed by atoms with Gasteiger partial charge in [-0.2, -0.15) is 10.5 Å².